The van der Waals surface area contributed by atoms with Crippen LogP contribution in [-0.4, -0.2) is 38.3 Å². The predicted molar refractivity (Wildman–Crippen MR) is 74.9 cm³/mol. The molecule has 21 heavy (non-hydrogen) atoms. The third-order valence-corrected chi connectivity index (χ3v) is 2.60. The molecule has 2 N–H and O–H groups in total. The molecule has 0 aliphatic rings. The van der Waals surface area contributed by atoms with Crippen LogP contribution >= 0.6 is 11.6 Å². The van der Waals surface area contributed by atoms with Crippen LogP contribution in [0.25, 0.3) is 0 Å². The molecule has 0 radical (unpaired) electrons. The minimum absolute atomic E-state index is 0.0426. The number of imide groups is 1. The van der Waals surface area contributed by atoms with Crippen molar-refractivity contribution in [2.75, 3.05) is 20.3 Å². The molecule has 1 aromatic rings. The van der Waals surface area contributed by atoms with Crippen LogP contribution in [0.1, 0.15) is 6.92 Å². The Kier molecular flexibility index (Phi) is 6.90. The van der Waals surface area contributed by atoms with Crippen LogP contribution in [-0.2, 0) is 9.53 Å². The van der Waals surface area contributed by atoms with Gasteiger partial charge in [-0.05, 0) is 25.1 Å². The Hall–Kier alpha value is -1.86. The van der Waals surface area contributed by atoms with E-state index in [1.807, 2.05) is 0 Å². The van der Waals surface area contributed by atoms with E-state index in [0.717, 1.165) is 12.1 Å². The van der Waals surface area contributed by atoms with Crippen LogP contribution in [0.3, 0.4) is 0 Å². The predicted octanol–water partition coefficient (Wildman–Crippen LogP) is 1.72. The number of amides is 3. The van der Waals surface area contributed by atoms with Crippen molar-refractivity contribution in [1.82, 2.24) is 10.6 Å². The molecule has 0 aliphatic heterocycles. The van der Waals surface area contributed by atoms with Crippen molar-refractivity contribution in [2.24, 2.45) is 0 Å². The van der Waals surface area contributed by atoms with Gasteiger partial charge in [-0.15, -0.1) is 0 Å². The highest BCUT2D eigenvalue weighted by atomic mass is 35.5. The molecule has 0 aromatic heterocycles. The first-order valence-corrected chi connectivity index (χ1v) is 6.47. The van der Waals surface area contributed by atoms with Crippen LogP contribution in [0.15, 0.2) is 18.2 Å². The van der Waals surface area contributed by atoms with E-state index in [2.05, 4.69) is 10.6 Å². The zero-order valence-electron chi connectivity index (χ0n) is 11.6. The van der Waals surface area contributed by atoms with E-state index in [9.17, 15) is 14.0 Å². The molecule has 116 valence electrons. The summed E-state index contributed by atoms with van der Waals surface area (Å²) in [5, 5.41) is 4.63. The van der Waals surface area contributed by atoms with Gasteiger partial charge in [0.25, 0.3) is 5.91 Å². The lowest BCUT2D eigenvalue weighted by molar-refractivity contribution is -0.122. The maximum Gasteiger partial charge on any atom is 0.321 e. The Morgan fingerprint density at radius 1 is 1.43 bits per heavy atom. The summed E-state index contributed by atoms with van der Waals surface area (Å²) in [4.78, 5) is 22.9. The van der Waals surface area contributed by atoms with Gasteiger partial charge in [-0.25, -0.2) is 9.18 Å². The van der Waals surface area contributed by atoms with Crippen molar-refractivity contribution >= 4 is 23.5 Å². The van der Waals surface area contributed by atoms with Gasteiger partial charge >= 0.3 is 6.03 Å². The molecular weight excluding hydrogens is 303 g/mol. The highest BCUT2D eigenvalue weighted by Crippen LogP contribution is 2.24. The summed E-state index contributed by atoms with van der Waals surface area (Å²) in [5.74, 6) is -1.01. The molecule has 3 amide bonds. The molecule has 0 spiro atoms. The fourth-order valence-corrected chi connectivity index (χ4v) is 1.67. The number of ether oxygens (including phenoxy) is 2. The van der Waals surface area contributed by atoms with Gasteiger partial charge in [0.05, 0.1) is 17.7 Å². The van der Waals surface area contributed by atoms with E-state index in [1.165, 1.54) is 13.2 Å². The molecule has 1 aromatic carbocycles. The molecule has 0 heterocycles. The summed E-state index contributed by atoms with van der Waals surface area (Å²) in [7, 11) is 1.50. The van der Waals surface area contributed by atoms with Crippen molar-refractivity contribution in [1.29, 1.82) is 0 Å². The number of carbonyl (C=O) groups excluding carboxylic acids is 2. The van der Waals surface area contributed by atoms with Gasteiger partial charge in [-0.1, -0.05) is 11.6 Å². The number of hydrogen-bond acceptors (Lipinski definition) is 4. The number of halogens is 2. The molecule has 0 fully saturated rings. The molecular formula is C13H16ClFN2O4. The summed E-state index contributed by atoms with van der Waals surface area (Å²) in [6.45, 7) is 1.63. The third-order valence-electron chi connectivity index (χ3n) is 2.30. The summed E-state index contributed by atoms with van der Waals surface area (Å²) in [6, 6.07) is 2.62. The normalized spacial score (nSPS) is 11.6. The standard InChI is InChI=1S/C13H16ClFN2O4/c1-8(6-20-2)16-13(19)17-12(18)7-21-11-4-3-9(15)5-10(11)14/h3-5,8H,6-7H2,1-2H3,(H2,16,17,18,19). The zero-order chi connectivity index (χ0) is 15.8. The van der Waals surface area contributed by atoms with Crippen LogP contribution in [0.2, 0.25) is 5.02 Å². The van der Waals surface area contributed by atoms with Gasteiger partial charge in [0, 0.05) is 7.11 Å². The number of urea groups is 1. The van der Waals surface area contributed by atoms with Gasteiger partial charge in [0.2, 0.25) is 0 Å². The maximum absolute atomic E-state index is 12.8. The van der Waals surface area contributed by atoms with E-state index in [0.29, 0.717) is 6.61 Å². The van der Waals surface area contributed by atoms with Gasteiger partial charge in [0.15, 0.2) is 6.61 Å². The summed E-state index contributed by atoms with van der Waals surface area (Å²) in [5.41, 5.74) is 0. The molecule has 1 rings (SSSR count). The quantitative estimate of drug-likeness (QED) is 0.837. The second kappa shape index (κ2) is 8.43. The smallest absolute Gasteiger partial charge is 0.321 e. The number of methoxy groups -OCH3 is 1. The fourth-order valence-electron chi connectivity index (χ4n) is 1.45. The van der Waals surface area contributed by atoms with Crippen LogP contribution in [0.5, 0.6) is 5.75 Å². The largest absolute Gasteiger partial charge is 0.482 e. The second-order valence-electron chi connectivity index (χ2n) is 4.24. The van der Waals surface area contributed by atoms with Crippen molar-refractivity contribution < 1.29 is 23.5 Å². The van der Waals surface area contributed by atoms with Crippen LogP contribution < -0.4 is 15.4 Å². The Morgan fingerprint density at radius 2 is 2.14 bits per heavy atom. The lowest BCUT2D eigenvalue weighted by atomic mass is 10.3. The Morgan fingerprint density at radius 3 is 2.76 bits per heavy atom. The summed E-state index contributed by atoms with van der Waals surface area (Å²) in [6.07, 6.45) is 0. The number of rotatable bonds is 6. The summed E-state index contributed by atoms with van der Waals surface area (Å²) < 4.78 is 22.8. The first-order chi connectivity index (χ1) is 9.92. The Bertz CT molecular complexity index is 513. The molecule has 0 saturated carbocycles. The van der Waals surface area contributed by atoms with Crippen molar-refractivity contribution in [3.8, 4) is 5.75 Å². The molecule has 0 aliphatic carbocycles. The Labute approximate surface area is 126 Å². The van der Waals surface area contributed by atoms with Crippen molar-refractivity contribution in [2.45, 2.75) is 13.0 Å². The molecule has 0 bridgehead atoms. The molecule has 8 heteroatoms. The van der Waals surface area contributed by atoms with Gasteiger partial charge < -0.3 is 14.8 Å². The molecule has 6 nitrogen and oxygen atoms in total. The second-order valence-corrected chi connectivity index (χ2v) is 4.65. The topological polar surface area (TPSA) is 76.7 Å². The monoisotopic (exact) mass is 318 g/mol. The fraction of sp³-hybridized carbons (Fsp3) is 0.385. The first-order valence-electron chi connectivity index (χ1n) is 6.09. The highest BCUT2D eigenvalue weighted by Gasteiger charge is 2.12. The minimum Gasteiger partial charge on any atom is -0.482 e. The third kappa shape index (κ3) is 6.42. The highest BCUT2D eigenvalue weighted by molar-refractivity contribution is 6.32. The van der Waals surface area contributed by atoms with Crippen LogP contribution in [0.4, 0.5) is 9.18 Å². The minimum atomic E-state index is -0.655. The number of hydrogen-bond donors (Lipinski definition) is 2. The number of benzene rings is 1. The average molecular weight is 319 g/mol. The van der Waals surface area contributed by atoms with E-state index < -0.39 is 24.4 Å². The van der Waals surface area contributed by atoms with Crippen molar-refractivity contribution in [3.05, 3.63) is 29.0 Å². The van der Waals surface area contributed by atoms with E-state index in [4.69, 9.17) is 21.1 Å². The van der Waals surface area contributed by atoms with Crippen LogP contribution in [0, 0.1) is 5.82 Å². The SMILES string of the molecule is COCC(C)NC(=O)NC(=O)COc1ccc(F)cc1Cl. The van der Waals surface area contributed by atoms with Gasteiger partial charge in [-0.2, -0.15) is 0 Å². The molecule has 1 unspecified atom stereocenters. The molecule has 0 saturated heterocycles. The van der Waals surface area contributed by atoms with E-state index >= 15 is 0 Å². The van der Waals surface area contributed by atoms with Gasteiger partial charge in [0.1, 0.15) is 11.6 Å². The molecule has 1 atom stereocenters. The summed E-state index contributed by atoms with van der Waals surface area (Å²) >= 11 is 5.73. The number of nitrogens with one attached hydrogen (secondary N) is 2. The lowest BCUT2D eigenvalue weighted by Crippen LogP contribution is -2.46. The van der Waals surface area contributed by atoms with Gasteiger partial charge in [-0.3, -0.25) is 10.1 Å². The lowest BCUT2D eigenvalue weighted by Gasteiger charge is -2.13. The Balaban J connectivity index is 2.38. The maximum atomic E-state index is 12.8. The first kappa shape index (κ1) is 17.2. The van der Waals surface area contributed by atoms with E-state index in [1.54, 1.807) is 6.92 Å². The zero-order valence-corrected chi connectivity index (χ0v) is 12.4. The average Bonchev–Trinajstić information content (AvgIpc) is 2.37. The van der Waals surface area contributed by atoms with Crippen molar-refractivity contribution in [3.63, 3.8) is 0 Å². The van der Waals surface area contributed by atoms with E-state index in [-0.39, 0.29) is 16.8 Å². The number of carbonyl (C=O) groups is 2.